The molecule has 3 aromatic rings. The Morgan fingerprint density at radius 2 is 2.16 bits per heavy atom. The van der Waals surface area contributed by atoms with Gasteiger partial charge >= 0.3 is 0 Å². The first-order chi connectivity index (χ1) is 9.29. The van der Waals surface area contributed by atoms with Crippen molar-refractivity contribution in [2.45, 2.75) is 6.42 Å². The molecule has 0 bridgehead atoms. The van der Waals surface area contributed by atoms with Crippen molar-refractivity contribution in [3.8, 4) is 11.3 Å². The van der Waals surface area contributed by atoms with Crippen LogP contribution in [0.2, 0.25) is 0 Å². The molecule has 4 nitrogen and oxygen atoms in total. The molecule has 2 N–H and O–H groups in total. The van der Waals surface area contributed by atoms with Gasteiger partial charge in [0.1, 0.15) is 0 Å². The molecule has 0 saturated heterocycles. The SMILES string of the molecule is CNCCc1cc(-c2c[nH]c3ccccc23)nn1C. The standard InChI is InChI=1S/C15H18N4/c1-16-8-7-11-9-15(18-19(11)2)13-10-17-14-6-4-3-5-12(13)14/h3-6,9-10,16-17H,7-8H2,1-2H3. The van der Waals surface area contributed by atoms with Crippen molar-refractivity contribution in [3.05, 3.63) is 42.2 Å². The Bertz CT molecular complexity index is 693. The maximum absolute atomic E-state index is 4.63. The monoisotopic (exact) mass is 254 g/mol. The van der Waals surface area contributed by atoms with Gasteiger partial charge in [-0.05, 0) is 19.2 Å². The lowest BCUT2D eigenvalue weighted by Crippen LogP contribution is -2.12. The van der Waals surface area contributed by atoms with Crippen LogP contribution in [0, 0.1) is 0 Å². The van der Waals surface area contributed by atoms with Gasteiger partial charge in [0.15, 0.2) is 0 Å². The molecule has 2 aromatic heterocycles. The molecule has 98 valence electrons. The molecule has 19 heavy (non-hydrogen) atoms. The fourth-order valence-corrected chi connectivity index (χ4v) is 2.41. The van der Waals surface area contributed by atoms with Crippen molar-refractivity contribution in [2.75, 3.05) is 13.6 Å². The summed E-state index contributed by atoms with van der Waals surface area (Å²) in [6.45, 7) is 0.965. The highest BCUT2D eigenvalue weighted by Gasteiger charge is 2.11. The van der Waals surface area contributed by atoms with Crippen molar-refractivity contribution < 1.29 is 0 Å². The number of hydrogen-bond donors (Lipinski definition) is 2. The second-order valence-corrected chi connectivity index (χ2v) is 4.75. The molecule has 0 saturated carbocycles. The summed E-state index contributed by atoms with van der Waals surface area (Å²) in [5.41, 5.74) is 4.60. The summed E-state index contributed by atoms with van der Waals surface area (Å²) in [6, 6.07) is 10.5. The largest absolute Gasteiger partial charge is 0.360 e. The van der Waals surface area contributed by atoms with Crippen molar-refractivity contribution in [1.82, 2.24) is 20.1 Å². The zero-order valence-corrected chi connectivity index (χ0v) is 11.3. The number of aromatic amines is 1. The van der Waals surface area contributed by atoms with E-state index in [1.807, 2.05) is 31.0 Å². The average molecular weight is 254 g/mol. The first-order valence-electron chi connectivity index (χ1n) is 6.53. The van der Waals surface area contributed by atoms with E-state index in [-0.39, 0.29) is 0 Å². The van der Waals surface area contributed by atoms with Crippen molar-refractivity contribution in [1.29, 1.82) is 0 Å². The number of aryl methyl sites for hydroxylation is 1. The second kappa shape index (κ2) is 4.90. The van der Waals surface area contributed by atoms with Crippen LogP contribution < -0.4 is 5.32 Å². The van der Waals surface area contributed by atoms with Crippen molar-refractivity contribution >= 4 is 10.9 Å². The molecule has 4 heteroatoms. The fourth-order valence-electron chi connectivity index (χ4n) is 2.41. The Hall–Kier alpha value is -2.07. The summed E-state index contributed by atoms with van der Waals surface area (Å²) in [7, 11) is 3.97. The number of nitrogens with zero attached hydrogens (tertiary/aromatic N) is 2. The highest BCUT2D eigenvalue weighted by atomic mass is 15.3. The molecule has 3 rings (SSSR count). The van der Waals surface area contributed by atoms with Gasteiger partial charge in [-0.2, -0.15) is 5.10 Å². The van der Waals surface area contributed by atoms with Crippen molar-refractivity contribution in [2.24, 2.45) is 7.05 Å². The smallest absolute Gasteiger partial charge is 0.0947 e. The van der Waals surface area contributed by atoms with Gasteiger partial charge in [0, 0.05) is 48.4 Å². The van der Waals surface area contributed by atoms with Gasteiger partial charge < -0.3 is 10.3 Å². The Morgan fingerprint density at radius 3 is 3.00 bits per heavy atom. The molecule has 0 unspecified atom stereocenters. The highest BCUT2D eigenvalue weighted by Crippen LogP contribution is 2.27. The summed E-state index contributed by atoms with van der Waals surface area (Å²) in [5, 5.41) is 9.02. The Labute approximate surface area is 112 Å². The van der Waals surface area contributed by atoms with Crippen LogP contribution in [0.25, 0.3) is 22.2 Å². The lowest BCUT2D eigenvalue weighted by atomic mass is 10.1. The van der Waals surface area contributed by atoms with Gasteiger partial charge in [-0.25, -0.2) is 0 Å². The van der Waals surface area contributed by atoms with Crippen LogP contribution in [0.4, 0.5) is 0 Å². The van der Waals surface area contributed by atoms with E-state index >= 15 is 0 Å². The summed E-state index contributed by atoms with van der Waals surface area (Å²) < 4.78 is 1.97. The van der Waals surface area contributed by atoms with E-state index in [0.717, 1.165) is 24.2 Å². The third kappa shape index (κ3) is 2.15. The number of para-hydroxylation sites is 1. The average Bonchev–Trinajstić information content (AvgIpc) is 3.00. The lowest BCUT2D eigenvalue weighted by Gasteiger charge is -1.99. The zero-order chi connectivity index (χ0) is 13.2. The molecule has 0 aliphatic carbocycles. The predicted molar refractivity (Wildman–Crippen MR) is 78.1 cm³/mol. The number of hydrogen-bond acceptors (Lipinski definition) is 2. The van der Waals surface area contributed by atoms with Crippen LogP contribution in [0.1, 0.15) is 5.69 Å². The Morgan fingerprint density at radius 1 is 1.32 bits per heavy atom. The van der Waals surface area contributed by atoms with E-state index in [2.05, 4.69) is 39.7 Å². The van der Waals surface area contributed by atoms with Gasteiger partial charge in [-0.15, -0.1) is 0 Å². The van der Waals surface area contributed by atoms with E-state index in [1.54, 1.807) is 0 Å². The Kier molecular flexibility index (Phi) is 3.09. The molecule has 0 radical (unpaired) electrons. The number of H-pyrrole nitrogens is 1. The Balaban J connectivity index is 2.02. The zero-order valence-electron chi connectivity index (χ0n) is 11.3. The van der Waals surface area contributed by atoms with Crippen LogP contribution in [-0.4, -0.2) is 28.4 Å². The van der Waals surface area contributed by atoms with Crippen LogP contribution in [0.5, 0.6) is 0 Å². The van der Waals surface area contributed by atoms with Gasteiger partial charge in [-0.1, -0.05) is 18.2 Å². The van der Waals surface area contributed by atoms with Gasteiger partial charge in [-0.3, -0.25) is 4.68 Å². The van der Waals surface area contributed by atoms with Crippen LogP contribution in [-0.2, 0) is 13.5 Å². The maximum atomic E-state index is 4.63. The van der Waals surface area contributed by atoms with Gasteiger partial charge in [0.25, 0.3) is 0 Å². The molecular formula is C15H18N4. The molecule has 0 aliphatic rings. The van der Waals surface area contributed by atoms with Gasteiger partial charge in [0.05, 0.1) is 5.69 Å². The summed E-state index contributed by atoms with van der Waals surface area (Å²) in [5.74, 6) is 0. The molecule has 2 heterocycles. The topological polar surface area (TPSA) is 45.6 Å². The summed E-state index contributed by atoms with van der Waals surface area (Å²) in [4.78, 5) is 3.30. The number of aromatic nitrogens is 3. The lowest BCUT2D eigenvalue weighted by molar-refractivity contribution is 0.683. The third-order valence-electron chi connectivity index (χ3n) is 3.47. The number of rotatable bonds is 4. The quantitative estimate of drug-likeness (QED) is 0.750. The number of benzene rings is 1. The van der Waals surface area contributed by atoms with Crippen LogP contribution in [0.15, 0.2) is 36.5 Å². The minimum atomic E-state index is 0.965. The van der Waals surface area contributed by atoms with E-state index in [1.165, 1.54) is 16.6 Å². The molecule has 0 aliphatic heterocycles. The van der Waals surface area contributed by atoms with Gasteiger partial charge in [0.2, 0.25) is 0 Å². The molecule has 0 spiro atoms. The fraction of sp³-hybridized carbons (Fsp3) is 0.267. The first-order valence-corrected chi connectivity index (χ1v) is 6.53. The van der Waals surface area contributed by atoms with E-state index in [4.69, 9.17) is 0 Å². The van der Waals surface area contributed by atoms with Crippen molar-refractivity contribution in [3.63, 3.8) is 0 Å². The molecule has 1 aromatic carbocycles. The number of fused-ring (bicyclic) bond motifs is 1. The maximum Gasteiger partial charge on any atom is 0.0947 e. The minimum absolute atomic E-state index is 0.965. The van der Waals surface area contributed by atoms with E-state index < -0.39 is 0 Å². The third-order valence-corrected chi connectivity index (χ3v) is 3.47. The molecule has 0 fully saturated rings. The normalized spacial score (nSPS) is 11.3. The number of nitrogens with one attached hydrogen (secondary N) is 2. The summed E-state index contributed by atoms with van der Waals surface area (Å²) in [6.07, 6.45) is 3.03. The first kappa shape index (κ1) is 12.0. The van der Waals surface area contributed by atoms with Crippen LogP contribution in [0.3, 0.4) is 0 Å². The van der Waals surface area contributed by atoms with E-state index in [0.29, 0.717) is 0 Å². The number of likely N-dealkylation sites (N-methyl/N-ethyl adjacent to an activating group) is 1. The molecular weight excluding hydrogens is 236 g/mol. The second-order valence-electron chi connectivity index (χ2n) is 4.75. The summed E-state index contributed by atoms with van der Waals surface area (Å²) >= 11 is 0. The minimum Gasteiger partial charge on any atom is -0.360 e. The predicted octanol–water partition coefficient (Wildman–Crippen LogP) is 2.33. The van der Waals surface area contributed by atoms with Crippen LogP contribution >= 0.6 is 0 Å². The molecule has 0 amide bonds. The molecule has 0 atom stereocenters. The highest BCUT2D eigenvalue weighted by molar-refractivity contribution is 5.94. The van der Waals surface area contributed by atoms with E-state index in [9.17, 15) is 0 Å².